The van der Waals surface area contributed by atoms with E-state index in [1.54, 1.807) is 19.1 Å². The standard InChI is InChI=1S/C28H35F3O/c1-3-4-5-6-7-18-32-24-16-17-25(26(29)19-24)22-13-9-21(10-14-22)11-15-23-12-8-20(2)27(30)28(23)31/h8,12-13,16-17,19,21H,3-7,9-11,14-15,18H2,1-2H3. The minimum Gasteiger partial charge on any atom is -0.493 e. The molecule has 0 saturated carbocycles. The molecule has 0 spiro atoms. The number of halogens is 3. The molecule has 1 atom stereocenters. The second-order valence-corrected chi connectivity index (χ2v) is 8.98. The van der Waals surface area contributed by atoms with Crippen molar-refractivity contribution in [2.75, 3.05) is 6.61 Å². The quantitative estimate of drug-likeness (QED) is 0.315. The lowest BCUT2D eigenvalue weighted by Gasteiger charge is -2.23. The number of rotatable bonds is 11. The van der Waals surface area contributed by atoms with Crippen LogP contribution < -0.4 is 4.74 Å². The van der Waals surface area contributed by atoms with Crippen LogP contribution in [0.3, 0.4) is 0 Å². The monoisotopic (exact) mass is 444 g/mol. The van der Waals surface area contributed by atoms with Crippen LogP contribution in [0.25, 0.3) is 5.57 Å². The van der Waals surface area contributed by atoms with Crippen molar-refractivity contribution in [3.63, 3.8) is 0 Å². The lowest BCUT2D eigenvalue weighted by Crippen LogP contribution is -2.08. The molecular formula is C28H35F3O. The molecule has 1 nitrogen and oxygen atoms in total. The molecule has 1 aliphatic rings. The summed E-state index contributed by atoms with van der Waals surface area (Å²) >= 11 is 0. The van der Waals surface area contributed by atoms with E-state index in [-0.39, 0.29) is 5.82 Å². The lowest BCUT2D eigenvalue weighted by atomic mass is 9.83. The summed E-state index contributed by atoms with van der Waals surface area (Å²) in [7, 11) is 0. The van der Waals surface area contributed by atoms with Gasteiger partial charge in [0.1, 0.15) is 11.6 Å². The summed E-state index contributed by atoms with van der Waals surface area (Å²) in [6.07, 6.45) is 11.8. The van der Waals surface area contributed by atoms with Crippen LogP contribution in [-0.4, -0.2) is 6.61 Å². The molecule has 0 N–H and O–H groups in total. The maximum absolute atomic E-state index is 14.7. The normalized spacial score (nSPS) is 16.2. The number of hydrogen-bond donors (Lipinski definition) is 0. The van der Waals surface area contributed by atoms with Crippen molar-refractivity contribution in [2.45, 2.75) is 78.1 Å². The van der Waals surface area contributed by atoms with E-state index in [4.69, 9.17) is 4.74 Å². The molecule has 2 aromatic carbocycles. The molecule has 4 heteroatoms. The first-order valence-corrected chi connectivity index (χ1v) is 12.0. The highest BCUT2D eigenvalue weighted by atomic mass is 19.2. The van der Waals surface area contributed by atoms with Crippen LogP contribution in [0, 0.1) is 30.3 Å². The van der Waals surface area contributed by atoms with E-state index in [1.165, 1.54) is 25.3 Å². The summed E-state index contributed by atoms with van der Waals surface area (Å²) in [5.74, 6) is -0.713. The summed E-state index contributed by atoms with van der Waals surface area (Å²) in [6, 6.07) is 8.48. The Balaban J connectivity index is 1.49. The van der Waals surface area contributed by atoms with Gasteiger partial charge in [-0.3, -0.25) is 0 Å². The predicted molar refractivity (Wildman–Crippen MR) is 125 cm³/mol. The number of allylic oxidation sites excluding steroid dienone is 2. The van der Waals surface area contributed by atoms with Gasteiger partial charge in [-0.15, -0.1) is 0 Å². The first-order chi connectivity index (χ1) is 15.5. The number of benzene rings is 2. The van der Waals surface area contributed by atoms with Gasteiger partial charge in [-0.1, -0.05) is 50.8 Å². The molecule has 0 radical (unpaired) electrons. The molecule has 0 aliphatic heterocycles. The second kappa shape index (κ2) is 12.1. The first-order valence-electron chi connectivity index (χ1n) is 12.0. The Morgan fingerprint density at radius 1 is 0.969 bits per heavy atom. The van der Waals surface area contributed by atoms with Crippen LogP contribution in [0.5, 0.6) is 5.75 Å². The van der Waals surface area contributed by atoms with Crippen molar-refractivity contribution in [1.82, 2.24) is 0 Å². The van der Waals surface area contributed by atoms with E-state index in [0.717, 1.165) is 44.1 Å². The van der Waals surface area contributed by atoms with Gasteiger partial charge >= 0.3 is 0 Å². The summed E-state index contributed by atoms with van der Waals surface area (Å²) in [6.45, 7) is 4.39. The zero-order chi connectivity index (χ0) is 22.9. The zero-order valence-electron chi connectivity index (χ0n) is 19.4. The highest BCUT2D eigenvalue weighted by Crippen LogP contribution is 2.34. The largest absolute Gasteiger partial charge is 0.493 e. The minimum atomic E-state index is -0.743. The molecule has 174 valence electrons. The summed E-state index contributed by atoms with van der Waals surface area (Å²) in [4.78, 5) is 0. The molecule has 1 unspecified atom stereocenters. The van der Waals surface area contributed by atoms with Crippen LogP contribution in [-0.2, 0) is 6.42 Å². The average molecular weight is 445 g/mol. The topological polar surface area (TPSA) is 9.23 Å². The second-order valence-electron chi connectivity index (χ2n) is 8.98. The number of unbranched alkanes of at least 4 members (excludes halogenated alkanes) is 4. The van der Waals surface area contributed by atoms with Gasteiger partial charge in [-0.25, -0.2) is 13.2 Å². The van der Waals surface area contributed by atoms with Crippen molar-refractivity contribution in [3.05, 3.63) is 70.5 Å². The number of ether oxygens (including phenoxy) is 1. The Hall–Kier alpha value is -2.23. The molecule has 0 heterocycles. The van der Waals surface area contributed by atoms with Gasteiger partial charge in [0.2, 0.25) is 0 Å². The molecule has 0 bridgehead atoms. The van der Waals surface area contributed by atoms with Crippen LogP contribution in [0.4, 0.5) is 13.2 Å². The van der Waals surface area contributed by atoms with Gasteiger partial charge < -0.3 is 4.74 Å². The van der Waals surface area contributed by atoms with Crippen LogP contribution in [0.1, 0.15) is 81.4 Å². The maximum atomic E-state index is 14.7. The molecule has 32 heavy (non-hydrogen) atoms. The Kier molecular flexibility index (Phi) is 9.25. The molecule has 2 aromatic rings. The number of hydrogen-bond acceptors (Lipinski definition) is 1. The Labute approximate surface area is 190 Å². The van der Waals surface area contributed by atoms with Crippen LogP contribution in [0.15, 0.2) is 36.4 Å². The Morgan fingerprint density at radius 2 is 1.78 bits per heavy atom. The average Bonchev–Trinajstić information content (AvgIpc) is 2.80. The molecular weight excluding hydrogens is 409 g/mol. The highest BCUT2D eigenvalue weighted by molar-refractivity contribution is 5.67. The van der Waals surface area contributed by atoms with Gasteiger partial charge in [0.15, 0.2) is 11.6 Å². The molecule has 0 saturated heterocycles. The van der Waals surface area contributed by atoms with Crippen LogP contribution >= 0.6 is 0 Å². The van der Waals surface area contributed by atoms with Crippen molar-refractivity contribution in [1.29, 1.82) is 0 Å². The van der Waals surface area contributed by atoms with E-state index >= 15 is 0 Å². The van der Waals surface area contributed by atoms with Crippen molar-refractivity contribution in [2.24, 2.45) is 5.92 Å². The fourth-order valence-electron chi connectivity index (χ4n) is 4.38. The maximum Gasteiger partial charge on any atom is 0.162 e. The highest BCUT2D eigenvalue weighted by Gasteiger charge is 2.19. The van der Waals surface area contributed by atoms with E-state index in [1.807, 2.05) is 12.1 Å². The third-order valence-electron chi connectivity index (χ3n) is 6.50. The molecule has 0 aromatic heterocycles. The molecule has 0 fully saturated rings. The fraction of sp³-hybridized carbons (Fsp3) is 0.500. The smallest absolute Gasteiger partial charge is 0.162 e. The van der Waals surface area contributed by atoms with Gasteiger partial charge in [0.05, 0.1) is 6.61 Å². The summed E-state index contributed by atoms with van der Waals surface area (Å²) in [5, 5.41) is 0. The van der Waals surface area contributed by atoms with Crippen molar-refractivity contribution in [3.8, 4) is 5.75 Å². The minimum absolute atomic E-state index is 0.240. The predicted octanol–water partition coefficient (Wildman–Crippen LogP) is 8.58. The van der Waals surface area contributed by atoms with Crippen LogP contribution in [0.2, 0.25) is 0 Å². The SMILES string of the molecule is CCCCCCCOc1ccc(C2=CCC(CCc3ccc(C)c(F)c3F)CC2)c(F)c1. The Bertz CT molecular complexity index is 919. The third-order valence-corrected chi connectivity index (χ3v) is 6.50. The lowest BCUT2D eigenvalue weighted by molar-refractivity contribution is 0.303. The first kappa shape index (κ1) is 24.4. The van der Waals surface area contributed by atoms with E-state index in [9.17, 15) is 13.2 Å². The summed E-state index contributed by atoms with van der Waals surface area (Å²) < 4.78 is 48.3. The van der Waals surface area contributed by atoms with Crippen molar-refractivity contribution < 1.29 is 17.9 Å². The van der Waals surface area contributed by atoms with Gasteiger partial charge in [-0.2, -0.15) is 0 Å². The van der Waals surface area contributed by atoms with E-state index in [0.29, 0.717) is 41.4 Å². The van der Waals surface area contributed by atoms with E-state index < -0.39 is 11.6 Å². The van der Waals surface area contributed by atoms with Gasteiger partial charge in [-0.05, 0) is 80.2 Å². The van der Waals surface area contributed by atoms with Crippen molar-refractivity contribution >= 4 is 5.57 Å². The number of aryl methyl sites for hydroxylation is 2. The third kappa shape index (κ3) is 6.63. The van der Waals surface area contributed by atoms with Gasteiger partial charge in [0.25, 0.3) is 0 Å². The molecule has 1 aliphatic carbocycles. The fourth-order valence-corrected chi connectivity index (χ4v) is 4.38. The summed E-state index contributed by atoms with van der Waals surface area (Å²) in [5.41, 5.74) is 2.44. The molecule has 3 rings (SSSR count). The van der Waals surface area contributed by atoms with Gasteiger partial charge in [0, 0.05) is 11.6 Å². The van der Waals surface area contributed by atoms with E-state index in [2.05, 4.69) is 13.0 Å². The molecule has 0 amide bonds. The Morgan fingerprint density at radius 3 is 2.50 bits per heavy atom. The zero-order valence-corrected chi connectivity index (χ0v) is 19.4.